The molecular weight excluding hydrogens is 308 g/mol. The summed E-state index contributed by atoms with van der Waals surface area (Å²) in [6, 6.07) is 5.52. The van der Waals surface area contributed by atoms with Gasteiger partial charge in [0.15, 0.2) is 0 Å². The van der Waals surface area contributed by atoms with Gasteiger partial charge in [-0.2, -0.15) is 0 Å². The van der Waals surface area contributed by atoms with Crippen molar-refractivity contribution in [3.8, 4) is 0 Å². The molecule has 1 N–H and O–H groups in total. The molecule has 0 amide bonds. The Balaban J connectivity index is 0.00000220. The van der Waals surface area contributed by atoms with Gasteiger partial charge in [-0.15, -0.1) is 12.4 Å². The quantitative estimate of drug-likeness (QED) is 0.921. The maximum atomic E-state index is 12.5. The van der Waals surface area contributed by atoms with Crippen molar-refractivity contribution in [1.82, 2.24) is 9.62 Å². The van der Waals surface area contributed by atoms with Crippen LogP contribution in [-0.2, 0) is 10.0 Å². The van der Waals surface area contributed by atoms with E-state index >= 15 is 0 Å². The van der Waals surface area contributed by atoms with Gasteiger partial charge in [-0.3, -0.25) is 0 Å². The molecule has 4 nitrogen and oxygen atoms in total. The van der Waals surface area contributed by atoms with Crippen LogP contribution in [0.4, 0.5) is 0 Å². The fourth-order valence-corrected chi connectivity index (χ4v) is 4.28. The van der Waals surface area contributed by atoms with Crippen LogP contribution in [-0.4, -0.2) is 39.0 Å². The Labute approximate surface area is 134 Å². The van der Waals surface area contributed by atoms with Crippen LogP contribution in [0.2, 0.25) is 0 Å². The van der Waals surface area contributed by atoms with Gasteiger partial charge in [0, 0.05) is 6.04 Å². The molecule has 0 unspecified atom stereocenters. The van der Waals surface area contributed by atoms with Crippen LogP contribution in [0.25, 0.3) is 0 Å². The molecule has 120 valence electrons. The lowest BCUT2D eigenvalue weighted by Crippen LogP contribution is -2.44. The fourth-order valence-electron chi connectivity index (χ4n) is 2.75. The molecule has 1 aliphatic rings. The van der Waals surface area contributed by atoms with E-state index in [0.717, 1.165) is 43.6 Å². The van der Waals surface area contributed by atoms with E-state index in [9.17, 15) is 8.42 Å². The zero-order chi connectivity index (χ0) is 14.8. The zero-order valence-corrected chi connectivity index (χ0v) is 14.6. The summed E-state index contributed by atoms with van der Waals surface area (Å²) < 4.78 is 27.8. The van der Waals surface area contributed by atoms with E-state index in [-0.39, 0.29) is 18.4 Å². The van der Waals surface area contributed by atoms with E-state index in [1.165, 1.54) is 0 Å². The van der Waals surface area contributed by atoms with Crippen LogP contribution in [0, 0.1) is 13.8 Å². The summed E-state index contributed by atoms with van der Waals surface area (Å²) in [6.45, 7) is 8.93. The second-order valence-corrected chi connectivity index (χ2v) is 7.28. The van der Waals surface area contributed by atoms with Gasteiger partial charge in [0.05, 0.1) is 4.90 Å². The maximum Gasteiger partial charge on any atom is 0.241 e. The van der Waals surface area contributed by atoms with Gasteiger partial charge in [0.2, 0.25) is 10.0 Å². The SMILES string of the molecule is CCN1CCC(NS(=O)(=O)c2ccc(C)cc2C)CC1.Cl. The topological polar surface area (TPSA) is 49.4 Å². The molecule has 1 saturated heterocycles. The highest BCUT2D eigenvalue weighted by Gasteiger charge is 2.24. The Kier molecular flexibility index (Phi) is 6.66. The monoisotopic (exact) mass is 332 g/mol. The van der Waals surface area contributed by atoms with E-state index in [0.29, 0.717) is 4.90 Å². The highest BCUT2D eigenvalue weighted by atomic mass is 35.5. The van der Waals surface area contributed by atoms with Gasteiger partial charge in [-0.05, 0) is 58.0 Å². The number of nitrogens with zero attached hydrogens (tertiary/aromatic N) is 1. The standard InChI is InChI=1S/C15H24N2O2S.ClH/c1-4-17-9-7-14(8-10-17)16-20(18,19)15-6-5-12(2)11-13(15)3;/h5-6,11,14,16H,4,7-10H2,1-3H3;1H. The number of halogens is 1. The molecule has 1 aliphatic heterocycles. The van der Waals surface area contributed by atoms with Crippen molar-refractivity contribution in [2.24, 2.45) is 0 Å². The Bertz CT molecular complexity index is 567. The number of sulfonamides is 1. The number of aryl methyl sites for hydroxylation is 2. The minimum absolute atomic E-state index is 0. The molecule has 0 aliphatic carbocycles. The first kappa shape index (κ1) is 18.4. The number of hydrogen-bond acceptors (Lipinski definition) is 3. The molecule has 0 radical (unpaired) electrons. The molecule has 1 aromatic carbocycles. The summed E-state index contributed by atoms with van der Waals surface area (Å²) in [5, 5.41) is 0. The Morgan fingerprint density at radius 1 is 1.24 bits per heavy atom. The first-order valence-corrected chi connectivity index (χ1v) is 8.72. The number of likely N-dealkylation sites (tertiary alicyclic amines) is 1. The van der Waals surface area contributed by atoms with E-state index < -0.39 is 10.0 Å². The smallest absolute Gasteiger partial charge is 0.241 e. The molecular formula is C15H25ClN2O2S. The third-order valence-electron chi connectivity index (χ3n) is 3.98. The molecule has 0 saturated carbocycles. The second-order valence-electron chi connectivity index (χ2n) is 5.60. The Hall–Kier alpha value is -0.620. The van der Waals surface area contributed by atoms with Crippen LogP contribution < -0.4 is 4.72 Å². The van der Waals surface area contributed by atoms with Crippen LogP contribution >= 0.6 is 12.4 Å². The van der Waals surface area contributed by atoms with Gasteiger partial charge in [0.25, 0.3) is 0 Å². The van der Waals surface area contributed by atoms with E-state index in [2.05, 4.69) is 16.5 Å². The fraction of sp³-hybridized carbons (Fsp3) is 0.600. The van der Waals surface area contributed by atoms with Crippen molar-refractivity contribution in [2.45, 2.75) is 44.6 Å². The molecule has 0 aromatic heterocycles. The van der Waals surface area contributed by atoms with Crippen molar-refractivity contribution in [1.29, 1.82) is 0 Å². The number of hydrogen-bond donors (Lipinski definition) is 1. The lowest BCUT2D eigenvalue weighted by molar-refractivity contribution is 0.217. The van der Waals surface area contributed by atoms with E-state index in [1.54, 1.807) is 6.07 Å². The third kappa shape index (κ3) is 4.68. The molecule has 6 heteroatoms. The lowest BCUT2D eigenvalue weighted by atomic mass is 10.1. The molecule has 21 heavy (non-hydrogen) atoms. The summed E-state index contributed by atoms with van der Waals surface area (Å²) in [7, 11) is -3.40. The Morgan fingerprint density at radius 2 is 1.86 bits per heavy atom. The van der Waals surface area contributed by atoms with Crippen LogP contribution in [0.1, 0.15) is 30.9 Å². The largest absolute Gasteiger partial charge is 0.303 e. The van der Waals surface area contributed by atoms with Gasteiger partial charge in [-0.25, -0.2) is 13.1 Å². The van der Waals surface area contributed by atoms with Gasteiger partial charge >= 0.3 is 0 Å². The molecule has 1 fully saturated rings. The van der Waals surface area contributed by atoms with Gasteiger partial charge in [-0.1, -0.05) is 24.6 Å². The predicted octanol–water partition coefficient (Wildman–Crippen LogP) is 2.49. The third-order valence-corrected chi connectivity index (χ3v) is 5.66. The maximum absolute atomic E-state index is 12.5. The van der Waals surface area contributed by atoms with Crippen molar-refractivity contribution in [3.05, 3.63) is 29.3 Å². The van der Waals surface area contributed by atoms with Crippen LogP contribution in [0.5, 0.6) is 0 Å². The molecule has 0 bridgehead atoms. The van der Waals surface area contributed by atoms with Crippen molar-refractivity contribution < 1.29 is 8.42 Å². The lowest BCUT2D eigenvalue weighted by Gasteiger charge is -2.31. The number of benzene rings is 1. The summed E-state index contributed by atoms with van der Waals surface area (Å²) in [5.74, 6) is 0. The first-order chi connectivity index (χ1) is 9.42. The zero-order valence-electron chi connectivity index (χ0n) is 12.9. The van der Waals surface area contributed by atoms with Crippen molar-refractivity contribution >= 4 is 22.4 Å². The molecule has 1 aromatic rings. The van der Waals surface area contributed by atoms with Crippen molar-refractivity contribution in [2.75, 3.05) is 19.6 Å². The number of rotatable bonds is 4. The van der Waals surface area contributed by atoms with Crippen LogP contribution in [0.3, 0.4) is 0 Å². The summed E-state index contributed by atoms with van der Waals surface area (Å²) in [6.07, 6.45) is 1.77. The van der Waals surface area contributed by atoms with Gasteiger partial charge < -0.3 is 4.90 Å². The Morgan fingerprint density at radius 3 is 2.38 bits per heavy atom. The number of nitrogens with one attached hydrogen (secondary N) is 1. The first-order valence-electron chi connectivity index (χ1n) is 7.24. The molecule has 0 atom stereocenters. The number of piperidine rings is 1. The molecule has 0 spiro atoms. The van der Waals surface area contributed by atoms with E-state index in [4.69, 9.17) is 0 Å². The van der Waals surface area contributed by atoms with Crippen molar-refractivity contribution in [3.63, 3.8) is 0 Å². The minimum atomic E-state index is -3.40. The molecule has 1 heterocycles. The average Bonchev–Trinajstić information content (AvgIpc) is 2.38. The predicted molar refractivity (Wildman–Crippen MR) is 88.6 cm³/mol. The molecule has 2 rings (SSSR count). The highest BCUT2D eigenvalue weighted by molar-refractivity contribution is 7.89. The van der Waals surface area contributed by atoms with E-state index in [1.807, 2.05) is 26.0 Å². The highest BCUT2D eigenvalue weighted by Crippen LogP contribution is 2.19. The summed E-state index contributed by atoms with van der Waals surface area (Å²) in [5.41, 5.74) is 1.89. The minimum Gasteiger partial charge on any atom is -0.303 e. The van der Waals surface area contributed by atoms with Crippen LogP contribution in [0.15, 0.2) is 23.1 Å². The summed E-state index contributed by atoms with van der Waals surface area (Å²) >= 11 is 0. The average molecular weight is 333 g/mol. The summed E-state index contributed by atoms with van der Waals surface area (Å²) in [4.78, 5) is 2.75. The normalized spacial score (nSPS) is 17.5. The second kappa shape index (κ2) is 7.58. The van der Waals surface area contributed by atoms with Gasteiger partial charge in [0.1, 0.15) is 0 Å².